The van der Waals surface area contributed by atoms with E-state index in [0.717, 1.165) is 68.0 Å². The van der Waals surface area contributed by atoms with Crippen molar-refractivity contribution in [2.75, 3.05) is 13.1 Å². The van der Waals surface area contributed by atoms with Crippen LogP contribution in [0.2, 0.25) is 0 Å². The second kappa shape index (κ2) is 8.57. The van der Waals surface area contributed by atoms with Crippen LogP contribution in [0.25, 0.3) is 10.6 Å². The van der Waals surface area contributed by atoms with Gasteiger partial charge in [-0.25, -0.2) is 4.98 Å². The molecule has 0 bridgehead atoms. The number of piperidine rings is 1. The summed E-state index contributed by atoms with van der Waals surface area (Å²) >= 11 is 1.64. The molecule has 2 aliphatic rings. The Balaban J connectivity index is 1.29. The van der Waals surface area contributed by atoms with E-state index in [4.69, 9.17) is 0 Å². The van der Waals surface area contributed by atoms with Crippen molar-refractivity contribution < 1.29 is 4.79 Å². The molecule has 150 valence electrons. The standard InChI is InChI=1S/C21H29N5OS/c1-15-20(28-14-22-15)19-12-18(25(2)24-19)13-26-10-8-17(9-11-26)23-21(27)16-6-4-3-5-7-16/h3-4,12,14,16-17H,5-11,13H2,1-2H3,(H,23,27)/t16-/m0/s1. The van der Waals surface area contributed by atoms with Crippen molar-refractivity contribution in [1.82, 2.24) is 25.0 Å². The monoisotopic (exact) mass is 399 g/mol. The number of amides is 1. The van der Waals surface area contributed by atoms with E-state index in [1.807, 2.05) is 24.2 Å². The predicted molar refractivity (Wildman–Crippen MR) is 112 cm³/mol. The van der Waals surface area contributed by atoms with Crippen LogP contribution in [0.3, 0.4) is 0 Å². The molecule has 1 aliphatic heterocycles. The van der Waals surface area contributed by atoms with E-state index in [9.17, 15) is 4.79 Å². The van der Waals surface area contributed by atoms with Gasteiger partial charge in [0.15, 0.2) is 0 Å². The van der Waals surface area contributed by atoms with E-state index in [-0.39, 0.29) is 11.8 Å². The molecule has 28 heavy (non-hydrogen) atoms. The van der Waals surface area contributed by atoms with Gasteiger partial charge in [0.2, 0.25) is 5.91 Å². The van der Waals surface area contributed by atoms with E-state index in [1.54, 1.807) is 11.3 Å². The number of aryl methyl sites for hydroxylation is 2. The molecule has 0 saturated carbocycles. The van der Waals surface area contributed by atoms with Crippen molar-refractivity contribution in [2.45, 2.75) is 51.6 Å². The van der Waals surface area contributed by atoms with E-state index >= 15 is 0 Å². The molecule has 0 radical (unpaired) electrons. The summed E-state index contributed by atoms with van der Waals surface area (Å²) in [6.45, 7) is 4.95. The number of nitrogens with one attached hydrogen (secondary N) is 1. The Hall–Kier alpha value is -1.99. The number of aromatic nitrogens is 3. The fourth-order valence-electron chi connectivity index (χ4n) is 4.13. The van der Waals surface area contributed by atoms with E-state index < -0.39 is 0 Å². The van der Waals surface area contributed by atoms with Gasteiger partial charge in [0.25, 0.3) is 0 Å². The maximum Gasteiger partial charge on any atom is 0.223 e. The van der Waals surface area contributed by atoms with Crippen LogP contribution in [0.1, 0.15) is 43.5 Å². The Labute approximate surface area is 170 Å². The van der Waals surface area contributed by atoms with E-state index in [0.29, 0.717) is 6.04 Å². The summed E-state index contributed by atoms with van der Waals surface area (Å²) in [7, 11) is 2.01. The van der Waals surface area contributed by atoms with Gasteiger partial charge in [-0.1, -0.05) is 12.2 Å². The van der Waals surface area contributed by atoms with Gasteiger partial charge in [-0.05, 0) is 45.1 Å². The first-order valence-electron chi connectivity index (χ1n) is 10.2. The predicted octanol–water partition coefficient (Wildman–Crippen LogP) is 3.29. The zero-order valence-electron chi connectivity index (χ0n) is 16.7. The van der Waals surface area contributed by atoms with Crippen molar-refractivity contribution in [3.63, 3.8) is 0 Å². The Bertz CT molecular complexity index is 847. The van der Waals surface area contributed by atoms with Gasteiger partial charge in [-0.3, -0.25) is 14.4 Å². The number of nitrogens with zero attached hydrogens (tertiary/aromatic N) is 4. The van der Waals surface area contributed by atoms with Crippen molar-refractivity contribution in [2.24, 2.45) is 13.0 Å². The molecule has 1 fully saturated rings. The van der Waals surface area contributed by atoms with Gasteiger partial charge in [0.05, 0.1) is 21.8 Å². The maximum absolute atomic E-state index is 12.5. The van der Waals surface area contributed by atoms with Gasteiger partial charge in [0, 0.05) is 38.6 Å². The summed E-state index contributed by atoms with van der Waals surface area (Å²) < 4.78 is 1.99. The molecule has 0 unspecified atom stereocenters. The number of allylic oxidation sites excluding steroid dienone is 2. The van der Waals surface area contributed by atoms with E-state index in [2.05, 4.69) is 38.5 Å². The molecule has 2 aromatic rings. The minimum absolute atomic E-state index is 0.172. The van der Waals surface area contributed by atoms with Crippen LogP contribution in [-0.4, -0.2) is 44.7 Å². The first-order valence-corrected chi connectivity index (χ1v) is 11.1. The zero-order chi connectivity index (χ0) is 19.5. The number of hydrogen-bond acceptors (Lipinski definition) is 5. The number of thiazole rings is 1. The van der Waals surface area contributed by atoms with Crippen LogP contribution in [-0.2, 0) is 18.4 Å². The lowest BCUT2D eigenvalue weighted by Crippen LogP contribution is -2.46. The minimum Gasteiger partial charge on any atom is -0.353 e. The highest BCUT2D eigenvalue weighted by Crippen LogP contribution is 2.27. The Morgan fingerprint density at radius 2 is 2.11 bits per heavy atom. The van der Waals surface area contributed by atoms with Crippen LogP contribution < -0.4 is 5.32 Å². The molecule has 4 rings (SSSR count). The Kier molecular flexibility index (Phi) is 5.92. The summed E-state index contributed by atoms with van der Waals surface area (Å²) in [5.41, 5.74) is 5.15. The third-order valence-electron chi connectivity index (χ3n) is 5.91. The minimum atomic E-state index is 0.172. The van der Waals surface area contributed by atoms with Crippen molar-refractivity contribution >= 4 is 17.2 Å². The molecular formula is C21H29N5OS. The fourth-order valence-corrected chi connectivity index (χ4v) is 4.89. The zero-order valence-corrected chi connectivity index (χ0v) is 17.5. The summed E-state index contributed by atoms with van der Waals surface area (Å²) in [5, 5.41) is 7.97. The molecule has 3 heterocycles. The highest BCUT2D eigenvalue weighted by molar-refractivity contribution is 7.13. The fraction of sp³-hybridized carbons (Fsp3) is 0.571. The number of carbonyl (C=O) groups excluding carboxylic acids is 1. The van der Waals surface area contributed by atoms with Gasteiger partial charge in [-0.15, -0.1) is 11.3 Å². The molecule has 1 amide bonds. The normalized spacial score (nSPS) is 21.1. The molecule has 0 spiro atoms. The lowest BCUT2D eigenvalue weighted by atomic mass is 9.93. The molecular weight excluding hydrogens is 370 g/mol. The molecule has 1 saturated heterocycles. The molecule has 2 aromatic heterocycles. The van der Waals surface area contributed by atoms with Gasteiger partial charge in [0.1, 0.15) is 5.69 Å². The third-order valence-corrected chi connectivity index (χ3v) is 6.87. The Morgan fingerprint density at radius 3 is 2.79 bits per heavy atom. The summed E-state index contributed by atoms with van der Waals surface area (Å²) in [6.07, 6.45) is 9.29. The average Bonchev–Trinajstić information content (AvgIpc) is 3.29. The second-order valence-corrected chi connectivity index (χ2v) is 8.81. The first-order chi connectivity index (χ1) is 13.6. The lowest BCUT2D eigenvalue weighted by molar-refractivity contribution is -0.126. The van der Waals surface area contributed by atoms with Crippen molar-refractivity contribution in [3.8, 4) is 10.6 Å². The molecule has 1 aliphatic carbocycles. The molecule has 1 atom stereocenters. The van der Waals surface area contributed by atoms with Crippen LogP contribution >= 0.6 is 11.3 Å². The lowest BCUT2D eigenvalue weighted by Gasteiger charge is -2.33. The second-order valence-electron chi connectivity index (χ2n) is 7.95. The number of likely N-dealkylation sites (tertiary alicyclic amines) is 1. The van der Waals surface area contributed by atoms with Crippen LogP contribution in [0.15, 0.2) is 23.7 Å². The molecule has 7 heteroatoms. The van der Waals surface area contributed by atoms with E-state index in [1.165, 1.54) is 5.69 Å². The topological polar surface area (TPSA) is 63.1 Å². The average molecular weight is 400 g/mol. The quantitative estimate of drug-likeness (QED) is 0.784. The highest BCUT2D eigenvalue weighted by Gasteiger charge is 2.25. The van der Waals surface area contributed by atoms with Crippen molar-refractivity contribution in [1.29, 1.82) is 0 Å². The largest absolute Gasteiger partial charge is 0.353 e. The number of hydrogen-bond donors (Lipinski definition) is 1. The highest BCUT2D eigenvalue weighted by atomic mass is 32.1. The number of rotatable bonds is 5. The smallest absolute Gasteiger partial charge is 0.223 e. The van der Waals surface area contributed by atoms with Crippen LogP contribution in [0.5, 0.6) is 0 Å². The van der Waals surface area contributed by atoms with Gasteiger partial charge >= 0.3 is 0 Å². The maximum atomic E-state index is 12.5. The SMILES string of the molecule is Cc1ncsc1-c1cc(CN2CCC(NC(=O)[C@H]3CC=CCC3)CC2)n(C)n1. The summed E-state index contributed by atoms with van der Waals surface area (Å²) in [5.74, 6) is 0.421. The molecule has 1 N–H and O–H groups in total. The molecule has 6 nitrogen and oxygen atoms in total. The molecule has 0 aromatic carbocycles. The van der Waals surface area contributed by atoms with Crippen LogP contribution in [0, 0.1) is 12.8 Å². The Morgan fingerprint density at radius 1 is 1.29 bits per heavy atom. The van der Waals surface area contributed by atoms with Crippen molar-refractivity contribution in [3.05, 3.63) is 35.1 Å². The number of carbonyl (C=O) groups is 1. The first kappa shape index (κ1) is 19.3. The summed E-state index contributed by atoms with van der Waals surface area (Å²) in [4.78, 5) is 20.4. The van der Waals surface area contributed by atoms with Gasteiger partial charge in [-0.2, -0.15) is 5.10 Å². The van der Waals surface area contributed by atoms with Gasteiger partial charge < -0.3 is 5.32 Å². The summed E-state index contributed by atoms with van der Waals surface area (Å²) in [6, 6.07) is 2.50. The third kappa shape index (κ3) is 4.36. The van der Waals surface area contributed by atoms with Crippen LogP contribution in [0.4, 0.5) is 0 Å².